The molecular weight excluding hydrogens is 397 g/mol. The number of anilines is 1. The summed E-state index contributed by atoms with van der Waals surface area (Å²) >= 11 is 1.27. The number of amides is 1. The summed E-state index contributed by atoms with van der Waals surface area (Å²) in [4.78, 5) is 13.0. The summed E-state index contributed by atoms with van der Waals surface area (Å²) in [6.07, 6.45) is -1.13. The van der Waals surface area contributed by atoms with Gasteiger partial charge in [-0.05, 0) is 64.2 Å². The summed E-state index contributed by atoms with van der Waals surface area (Å²) in [5, 5.41) is 5.39. The van der Waals surface area contributed by atoms with Crippen LogP contribution in [0.15, 0.2) is 29.2 Å². The van der Waals surface area contributed by atoms with Crippen molar-refractivity contribution in [3.63, 3.8) is 0 Å². The number of carbonyl (C=O) groups is 1. The maximum Gasteiger partial charge on any atom is 0.232 e. The number of carbonyl (C=O) groups excluding carboxylic acids is 1. The Bertz CT molecular complexity index is 680. The fourth-order valence-electron chi connectivity index (χ4n) is 3.13. The lowest BCUT2D eigenvalue weighted by atomic mass is 9.98. The zero-order valence-electron chi connectivity index (χ0n) is 16.9. The fourth-order valence-corrected chi connectivity index (χ4v) is 8.28. The van der Waals surface area contributed by atoms with E-state index < -0.39 is 17.4 Å². The van der Waals surface area contributed by atoms with Gasteiger partial charge in [0, 0.05) is 30.3 Å². The van der Waals surface area contributed by atoms with Crippen molar-refractivity contribution in [1.82, 2.24) is 5.32 Å². The molecule has 1 aliphatic heterocycles. The second-order valence-corrected chi connectivity index (χ2v) is 12.9. The molecule has 9 heteroatoms. The highest BCUT2D eigenvalue weighted by Gasteiger charge is 2.51. The van der Waals surface area contributed by atoms with E-state index in [2.05, 4.69) is 10.6 Å². The van der Waals surface area contributed by atoms with E-state index in [9.17, 15) is 9.36 Å². The number of rotatable bonds is 11. The van der Waals surface area contributed by atoms with E-state index in [1.165, 1.54) is 11.4 Å². The zero-order valence-corrected chi connectivity index (χ0v) is 18.6. The van der Waals surface area contributed by atoms with Gasteiger partial charge < -0.3 is 25.1 Å². The van der Waals surface area contributed by atoms with Crippen molar-refractivity contribution in [1.29, 1.82) is 0 Å². The van der Waals surface area contributed by atoms with Gasteiger partial charge in [0.2, 0.25) is 5.91 Å². The van der Waals surface area contributed by atoms with Gasteiger partial charge >= 0.3 is 0 Å². The van der Waals surface area contributed by atoms with Gasteiger partial charge in [-0.1, -0.05) is 11.4 Å². The standard InChI is InChI=1S/C19H32N3O4PS/c1-15(21-2)26-12-4-11-22-16-5-7-17(8-6-16)28-27(3,24)19(18(20)23)9-13-25-14-10-19/h5-8,15,21-22H,4,9-14H2,1-3H3,(H2,20,23). The van der Waals surface area contributed by atoms with Gasteiger partial charge in [0.25, 0.3) is 0 Å². The molecule has 1 aromatic carbocycles. The van der Waals surface area contributed by atoms with Gasteiger partial charge in [-0.25, -0.2) is 0 Å². The number of primary amides is 1. The van der Waals surface area contributed by atoms with E-state index in [1.807, 2.05) is 38.2 Å². The topological polar surface area (TPSA) is 103 Å². The van der Waals surface area contributed by atoms with Crippen molar-refractivity contribution in [2.75, 3.05) is 45.4 Å². The van der Waals surface area contributed by atoms with E-state index in [1.54, 1.807) is 6.66 Å². The normalized spacial score (nSPS) is 19.5. The summed E-state index contributed by atoms with van der Waals surface area (Å²) in [5.41, 5.74) is 6.66. The predicted molar refractivity (Wildman–Crippen MR) is 115 cm³/mol. The van der Waals surface area contributed by atoms with Crippen LogP contribution in [-0.4, -0.2) is 57.4 Å². The van der Waals surface area contributed by atoms with Gasteiger partial charge in [0.05, 0.1) is 6.61 Å². The minimum atomic E-state index is -2.92. The molecule has 0 bridgehead atoms. The Kier molecular flexibility index (Phi) is 8.83. The van der Waals surface area contributed by atoms with Crippen molar-refractivity contribution in [2.24, 2.45) is 5.73 Å². The highest BCUT2D eigenvalue weighted by Crippen LogP contribution is 2.70. The van der Waals surface area contributed by atoms with E-state index >= 15 is 0 Å². The molecule has 7 nitrogen and oxygen atoms in total. The second-order valence-electron chi connectivity index (χ2n) is 7.05. The number of ether oxygens (including phenoxy) is 2. The molecule has 0 spiro atoms. The molecular formula is C19H32N3O4PS. The second kappa shape index (κ2) is 10.6. The fraction of sp³-hybridized carbons (Fsp3) is 0.632. The highest BCUT2D eigenvalue weighted by molar-refractivity contribution is 8.58. The van der Waals surface area contributed by atoms with Crippen molar-refractivity contribution in [3.8, 4) is 0 Å². The number of hydrogen-bond acceptors (Lipinski definition) is 7. The van der Waals surface area contributed by atoms with Gasteiger partial charge in [0.1, 0.15) is 11.4 Å². The van der Waals surface area contributed by atoms with Gasteiger partial charge in [-0.15, -0.1) is 0 Å². The number of nitrogens with one attached hydrogen (secondary N) is 2. The quantitative estimate of drug-likeness (QED) is 0.282. The third-order valence-electron chi connectivity index (χ3n) is 5.11. The van der Waals surface area contributed by atoms with E-state index in [4.69, 9.17) is 15.2 Å². The summed E-state index contributed by atoms with van der Waals surface area (Å²) in [6.45, 7) is 5.97. The Balaban J connectivity index is 1.90. The van der Waals surface area contributed by atoms with Gasteiger partial charge in [0.15, 0.2) is 6.34 Å². The molecule has 1 amide bonds. The van der Waals surface area contributed by atoms with Crippen molar-refractivity contribution < 1.29 is 18.8 Å². The molecule has 1 aliphatic rings. The molecule has 1 heterocycles. The lowest BCUT2D eigenvalue weighted by Crippen LogP contribution is -2.47. The maximum absolute atomic E-state index is 13.5. The predicted octanol–water partition coefficient (Wildman–Crippen LogP) is 3.11. The first kappa shape index (κ1) is 23.2. The molecule has 2 rings (SSSR count). The third kappa shape index (κ3) is 5.97. The van der Waals surface area contributed by atoms with Crippen LogP contribution in [0.25, 0.3) is 0 Å². The van der Waals surface area contributed by atoms with Crippen LogP contribution in [0.2, 0.25) is 0 Å². The van der Waals surface area contributed by atoms with Crippen LogP contribution in [0.5, 0.6) is 0 Å². The van der Waals surface area contributed by atoms with Crippen molar-refractivity contribution in [2.45, 2.75) is 42.5 Å². The molecule has 1 fully saturated rings. The molecule has 28 heavy (non-hydrogen) atoms. The first-order valence-electron chi connectivity index (χ1n) is 9.58. The Morgan fingerprint density at radius 3 is 2.57 bits per heavy atom. The van der Waals surface area contributed by atoms with E-state index in [-0.39, 0.29) is 6.23 Å². The largest absolute Gasteiger partial charge is 0.385 e. The molecule has 1 saturated heterocycles. The van der Waals surface area contributed by atoms with Crippen LogP contribution in [-0.2, 0) is 18.8 Å². The first-order valence-corrected chi connectivity index (χ1v) is 13.2. The number of nitrogens with two attached hydrogens (primary N) is 1. The van der Waals surface area contributed by atoms with Crippen LogP contribution < -0.4 is 16.4 Å². The van der Waals surface area contributed by atoms with Crippen molar-refractivity contribution in [3.05, 3.63) is 24.3 Å². The average molecular weight is 430 g/mol. The molecule has 4 N–H and O–H groups in total. The van der Waals surface area contributed by atoms with Crippen LogP contribution in [0.1, 0.15) is 26.2 Å². The zero-order chi connectivity index (χ0) is 20.6. The average Bonchev–Trinajstić information content (AvgIpc) is 2.68. The molecule has 0 saturated carbocycles. The molecule has 2 atom stereocenters. The minimum absolute atomic E-state index is 0.0560. The Morgan fingerprint density at radius 1 is 1.36 bits per heavy atom. The van der Waals surface area contributed by atoms with Crippen LogP contribution >= 0.6 is 17.7 Å². The summed E-state index contributed by atoms with van der Waals surface area (Å²) in [5.74, 6) is -0.484. The molecule has 2 unspecified atom stereocenters. The van der Waals surface area contributed by atoms with Gasteiger partial charge in [-0.3, -0.25) is 10.1 Å². The lowest BCUT2D eigenvalue weighted by molar-refractivity contribution is -0.122. The Morgan fingerprint density at radius 2 is 2.00 bits per heavy atom. The Hall–Kier alpha value is -1.05. The molecule has 0 aromatic heterocycles. The minimum Gasteiger partial charge on any atom is -0.385 e. The van der Waals surface area contributed by atoms with Crippen LogP contribution in [0.3, 0.4) is 0 Å². The molecule has 0 aliphatic carbocycles. The lowest BCUT2D eigenvalue weighted by Gasteiger charge is -2.38. The molecule has 158 valence electrons. The number of benzene rings is 1. The summed E-state index contributed by atoms with van der Waals surface area (Å²) < 4.78 is 24.4. The van der Waals surface area contributed by atoms with Crippen LogP contribution in [0, 0.1) is 0 Å². The number of hydrogen-bond donors (Lipinski definition) is 3. The van der Waals surface area contributed by atoms with E-state index in [0.29, 0.717) is 32.7 Å². The van der Waals surface area contributed by atoms with Crippen LogP contribution in [0.4, 0.5) is 5.69 Å². The van der Waals surface area contributed by atoms with Crippen molar-refractivity contribution >= 4 is 29.3 Å². The monoisotopic (exact) mass is 429 g/mol. The van der Waals surface area contributed by atoms with Gasteiger partial charge in [-0.2, -0.15) is 0 Å². The maximum atomic E-state index is 13.5. The Labute approximate surface area is 171 Å². The first-order chi connectivity index (χ1) is 13.3. The molecule has 1 aromatic rings. The SMILES string of the molecule is CNC(C)OCCCNc1ccc(SP(C)(=O)C2(C(N)=O)CCOCC2)cc1. The highest BCUT2D eigenvalue weighted by atomic mass is 32.7. The molecule has 0 radical (unpaired) electrons. The third-order valence-corrected chi connectivity index (χ3v) is 10.9. The summed E-state index contributed by atoms with van der Waals surface area (Å²) in [7, 11) is 1.87. The summed E-state index contributed by atoms with van der Waals surface area (Å²) in [6, 6.07) is 7.77. The van der Waals surface area contributed by atoms with E-state index in [0.717, 1.165) is 23.5 Å². The smallest absolute Gasteiger partial charge is 0.232 e.